The first-order valence-corrected chi connectivity index (χ1v) is 5.89. The molecule has 0 radical (unpaired) electrons. The van der Waals surface area contributed by atoms with Gasteiger partial charge in [0.1, 0.15) is 0 Å². The van der Waals surface area contributed by atoms with Crippen molar-refractivity contribution in [3.05, 3.63) is 0 Å². The fourth-order valence-corrected chi connectivity index (χ4v) is 2.81. The van der Waals surface area contributed by atoms with Crippen LogP contribution in [0.1, 0.15) is 45.4 Å². The van der Waals surface area contributed by atoms with Gasteiger partial charge in [-0.1, -0.05) is 26.2 Å². The Morgan fingerprint density at radius 3 is 2.40 bits per heavy atom. The molecule has 0 spiro atoms. The SMILES string of the molecule is CC1(CN2CC(=O)CC2=O)CCCCC1. The summed E-state index contributed by atoms with van der Waals surface area (Å²) in [6.07, 6.45) is 6.40. The number of hydrogen-bond acceptors (Lipinski definition) is 2. The molecule has 0 atom stereocenters. The zero-order chi connectivity index (χ0) is 10.9. The molecule has 0 aromatic carbocycles. The van der Waals surface area contributed by atoms with E-state index in [1.165, 1.54) is 32.1 Å². The summed E-state index contributed by atoms with van der Waals surface area (Å²) in [5.41, 5.74) is 0.262. The molecule has 0 unspecified atom stereocenters. The van der Waals surface area contributed by atoms with Crippen LogP contribution in [0, 0.1) is 5.41 Å². The molecule has 1 saturated carbocycles. The van der Waals surface area contributed by atoms with Crippen LogP contribution in [-0.4, -0.2) is 29.7 Å². The van der Waals surface area contributed by atoms with Crippen molar-refractivity contribution in [2.75, 3.05) is 13.1 Å². The van der Waals surface area contributed by atoms with Crippen molar-refractivity contribution >= 4 is 11.7 Å². The van der Waals surface area contributed by atoms with E-state index in [4.69, 9.17) is 0 Å². The van der Waals surface area contributed by atoms with Crippen LogP contribution in [-0.2, 0) is 9.59 Å². The fourth-order valence-electron chi connectivity index (χ4n) is 2.81. The van der Waals surface area contributed by atoms with E-state index >= 15 is 0 Å². The molecular weight excluding hydrogens is 190 g/mol. The van der Waals surface area contributed by atoms with E-state index in [2.05, 4.69) is 6.92 Å². The lowest BCUT2D eigenvalue weighted by molar-refractivity contribution is -0.129. The van der Waals surface area contributed by atoms with Gasteiger partial charge in [0.15, 0.2) is 5.78 Å². The molecule has 3 nitrogen and oxygen atoms in total. The fraction of sp³-hybridized carbons (Fsp3) is 0.833. The second kappa shape index (κ2) is 3.95. The number of amides is 1. The van der Waals surface area contributed by atoms with Crippen LogP contribution in [0.3, 0.4) is 0 Å². The van der Waals surface area contributed by atoms with Gasteiger partial charge in [-0.05, 0) is 18.3 Å². The van der Waals surface area contributed by atoms with Gasteiger partial charge in [-0.2, -0.15) is 0 Å². The van der Waals surface area contributed by atoms with Crippen molar-refractivity contribution in [3.63, 3.8) is 0 Å². The minimum atomic E-state index is 0.0341. The number of hydrogen-bond donors (Lipinski definition) is 0. The summed E-state index contributed by atoms with van der Waals surface area (Å²) in [5.74, 6) is 0.117. The third-order valence-corrected chi connectivity index (χ3v) is 3.70. The molecule has 1 aliphatic heterocycles. The summed E-state index contributed by atoms with van der Waals surface area (Å²) < 4.78 is 0. The minimum absolute atomic E-state index is 0.0341. The van der Waals surface area contributed by atoms with Crippen LogP contribution in [0.4, 0.5) is 0 Å². The maximum atomic E-state index is 11.5. The summed E-state index contributed by atoms with van der Waals surface area (Å²) in [6.45, 7) is 3.40. The Bertz CT molecular complexity index is 279. The van der Waals surface area contributed by atoms with Crippen molar-refractivity contribution in [3.8, 4) is 0 Å². The number of carbonyl (C=O) groups is 2. The molecule has 0 aromatic rings. The normalized spacial score (nSPS) is 26.1. The van der Waals surface area contributed by atoms with Gasteiger partial charge >= 0.3 is 0 Å². The number of carbonyl (C=O) groups excluding carboxylic acids is 2. The Labute approximate surface area is 90.8 Å². The van der Waals surface area contributed by atoms with Gasteiger partial charge in [0.2, 0.25) is 5.91 Å². The highest BCUT2D eigenvalue weighted by Gasteiger charge is 2.35. The van der Waals surface area contributed by atoms with Crippen LogP contribution in [0.2, 0.25) is 0 Å². The van der Waals surface area contributed by atoms with Gasteiger partial charge in [0.25, 0.3) is 0 Å². The van der Waals surface area contributed by atoms with E-state index < -0.39 is 0 Å². The predicted octanol–water partition coefficient (Wildman–Crippen LogP) is 1.76. The van der Waals surface area contributed by atoms with Crippen molar-refractivity contribution < 1.29 is 9.59 Å². The van der Waals surface area contributed by atoms with Gasteiger partial charge < -0.3 is 4.90 Å². The predicted molar refractivity (Wildman–Crippen MR) is 57.4 cm³/mol. The maximum Gasteiger partial charge on any atom is 0.230 e. The molecule has 2 fully saturated rings. The van der Waals surface area contributed by atoms with Crippen LogP contribution in [0.25, 0.3) is 0 Å². The van der Waals surface area contributed by atoms with E-state index in [0.29, 0.717) is 6.54 Å². The second-order valence-corrected chi connectivity index (χ2v) is 5.34. The van der Waals surface area contributed by atoms with Crippen molar-refractivity contribution in [1.29, 1.82) is 0 Å². The van der Waals surface area contributed by atoms with E-state index in [1.807, 2.05) is 0 Å². The van der Waals surface area contributed by atoms with Gasteiger partial charge in [-0.25, -0.2) is 0 Å². The lowest BCUT2D eigenvalue weighted by Gasteiger charge is -2.36. The molecule has 15 heavy (non-hydrogen) atoms. The molecule has 3 heteroatoms. The standard InChI is InChI=1S/C12H19NO2/c1-12(5-3-2-4-6-12)9-13-8-10(14)7-11(13)15/h2-9H2,1H3. The third kappa shape index (κ3) is 2.39. The quantitative estimate of drug-likeness (QED) is 0.650. The monoisotopic (exact) mass is 209 g/mol. The van der Waals surface area contributed by atoms with Gasteiger partial charge in [0, 0.05) is 6.54 Å². The molecule has 1 heterocycles. The van der Waals surface area contributed by atoms with Gasteiger partial charge in [-0.3, -0.25) is 9.59 Å². The Kier molecular flexibility index (Phi) is 2.81. The number of ketones is 1. The molecule has 1 aliphatic carbocycles. The molecule has 0 N–H and O–H groups in total. The number of Topliss-reactive ketones (excluding diaryl/α,β-unsaturated/α-hetero) is 1. The average molecular weight is 209 g/mol. The van der Waals surface area contributed by atoms with Crippen molar-refractivity contribution in [2.24, 2.45) is 5.41 Å². The molecular formula is C12H19NO2. The third-order valence-electron chi connectivity index (χ3n) is 3.70. The summed E-state index contributed by atoms with van der Waals surface area (Å²) in [5, 5.41) is 0. The van der Waals surface area contributed by atoms with E-state index in [9.17, 15) is 9.59 Å². The molecule has 0 bridgehead atoms. The first-order chi connectivity index (χ1) is 7.09. The highest BCUT2D eigenvalue weighted by molar-refractivity contribution is 6.05. The van der Waals surface area contributed by atoms with E-state index in [1.54, 1.807) is 4.90 Å². The minimum Gasteiger partial charge on any atom is -0.334 e. The smallest absolute Gasteiger partial charge is 0.230 e. The average Bonchev–Trinajstić information content (AvgIpc) is 2.45. The van der Waals surface area contributed by atoms with Gasteiger partial charge in [-0.15, -0.1) is 0 Å². The van der Waals surface area contributed by atoms with Crippen LogP contribution in [0.5, 0.6) is 0 Å². The van der Waals surface area contributed by atoms with Crippen LogP contribution in [0.15, 0.2) is 0 Å². The molecule has 1 saturated heterocycles. The zero-order valence-electron chi connectivity index (χ0n) is 9.42. The molecule has 1 amide bonds. The Morgan fingerprint density at radius 1 is 1.20 bits per heavy atom. The van der Waals surface area contributed by atoms with Crippen molar-refractivity contribution in [1.82, 2.24) is 4.90 Å². The molecule has 84 valence electrons. The first kappa shape index (κ1) is 10.7. The van der Waals surface area contributed by atoms with E-state index in [0.717, 1.165) is 6.54 Å². The molecule has 2 rings (SSSR count). The molecule has 0 aromatic heterocycles. The zero-order valence-corrected chi connectivity index (χ0v) is 9.42. The largest absolute Gasteiger partial charge is 0.334 e. The Morgan fingerprint density at radius 2 is 1.87 bits per heavy atom. The van der Waals surface area contributed by atoms with Crippen molar-refractivity contribution in [2.45, 2.75) is 45.4 Å². The maximum absolute atomic E-state index is 11.5. The Hall–Kier alpha value is -0.860. The lowest BCUT2D eigenvalue weighted by atomic mass is 9.75. The number of nitrogens with zero attached hydrogens (tertiary/aromatic N) is 1. The summed E-state index contributed by atoms with van der Waals surface area (Å²) in [4.78, 5) is 24.4. The topological polar surface area (TPSA) is 37.4 Å². The lowest BCUT2D eigenvalue weighted by Crippen LogP contribution is -2.38. The highest BCUT2D eigenvalue weighted by Crippen LogP contribution is 2.36. The van der Waals surface area contributed by atoms with Crippen LogP contribution < -0.4 is 0 Å². The summed E-state index contributed by atoms with van der Waals surface area (Å²) in [6, 6.07) is 0. The van der Waals surface area contributed by atoms with E-state index in [-0.39, 0.29) is 23.5 Å². The summed E-state index contributed by atoms with van der Waals surface area (Å²) in [7, 11) is 0. The van der Waals surface area contributed by atoms with Gasteiger partial charge in [0.05, 0.1) is 13.0 Å². The number of likely N-dealkylation sites (tertiary alicyclic amines) is 1. The first-order valence-electron chi connectivity index (χ1n) is 5.89. The molecule has 2 aliphatic rings. The van der Waals surface area contributed by atoms with Crippen LogP contribution >= 0.6 is 0 Å². The highest BCUT2D eigenvalue weighted by atomic mass is 16.2. The number of rotatable bonds is 2. The summed E-state index contributed by atoms with van der Waals surface area (Å²) >= 11 is 0. The Balaban J connectivity index is 1.95. The second-order valence-electron chi connectivity index (χ2n) is 5.34.